The second-order valence-electron chi connectivity index (χ2n) is 7.76. The first kappa shape index (κ1) is 30.2. The molecular formula is C19H30N4O11. The zero-order valence-electron chi connectivity index (χ0n) is 18.6. The van der Waals surface area contributed by atoms with E-state index in [0.29, 0.717) is 0 Å². The van der Waals surface area contributed by atoms with Gasteiger partial charge in [0.05, 0.1) is 12.5 Å². The maximum Gasteiger partial charge on any atom is 0.326 e. The lowest BCUT2D eigenvalue weighted by atomic mass is 10.0. The molecule has 192 valence electrons. The van der Waals surface area contributed by atoms with Crippen LogP contribution >= 0.6 is 0 Å². The lowest BCUT2D eigenvalue weighted by Crippen LogP contribution is -2.57. The van der Waals surface area contributed by atoms with Gasteiger partial charge < -0.3 is 42.1 Å². The van der Waals surface area contributed by atoms with Crippen molar-refractivity contribution in [1.82, 2.24) is 16.0 Å². The number of aliphatic carboxylic acids is 4. The van der Waals surface area contributed by atoms with Gasteiger partial charge in [0, 0.05) is 12.8 Å². The van der Waals surface area contributed by atoms with Crippen molar-refractivity contribution in [3.8, 4) is 0 Å². The standard InChI is InChI=1S/C19H30N4O11/c1-8(2)15(19(33)34)23-18(32)11(4-6-13(26)27)22-17(31)10(3-5-12(24)25)21-16(30)9(20)7-14(28)29/h8-11,15H,3-7,20H2,1-2H3,(H,21,30)(H,22,31)(H,23,32)(H,24,25)(H,26,27)(H,28,29)(H,33,34). The van der Waals surface area contributed by atoms with Crippen LogP contribution in [0.25, 0.3) is 0 Å². The molecule has 34 heavy (non-hydrogen) atoms. The summed E-state index contributed by atoms with van der Waals surface area (Å²) in [6.07, 6.45) is -2.83. The van der Waals surface area contributed by atoms with Gasteiger partial charge in [-0.3, -0.25) is 28.8 Å². The number of nitrogens with one attached hydrogen (secondary N) is 3. The Balaban J connectivity index is 5.64. The van der Waals surface area contributed by atoms with Crippen molar-refractivity contribution in [2.75, 3.05) is 0 Å². The molecule has 15 nitrogen and oxygen atoms in total. The fourth-order valence-electron chi connectivity index (χ4n) is 2.67. The molecule has 0 heterocycles. The van der Waals surface area contributed by atoms with Crippen molar-refractivity contribution in [3.63, 3.8) is 0 Å². The Morgan fingerprint density at radius 2 is 1.09 bits per heavy atom. The number of carboxylic acid groups (broad SMARTS) is 4. The van der Waals surface area contributed by atoms with E-state index in [1.165, 1.54) is 13.8 Å². The summed E-state index contributed by atoms with van der Waals surface area (Å²) in [5, 5.41) is 42.3. The Morgan fingerprint density at radius 1 is 0.676 bits per heavy atom. The Bertz CT molecular complexity index is 799. The summed E-state index contributed by atoms with van der Waals surface area (Å²) in [5.41, 5.74) is 5.44. The summed E-state index contributed by atoms with van der Waals surface area (Å²) >= 11 is 0. The van der Waals surface area contributed by atoms with E-state index in [1.807, 2.05) is 0 Å². The number of carbonyl (C=O) groups is 7. The molecule has 0 aromatic heterocycles. The minimum absolute atomic E-state index is 0.435. The van der Waals surface area contributed by atoms with E-state index in [4.69, 9.17) is 21.1 Å². The Labute approximate surface area is 194 Å². The molecule has 0 saturated carbocycles. The van der Waals surface area contributed by atoms with Crippen LogP contribution in [0.3, 0.4) is 0 Å². The largest absolute Gasteiger partial charge is 0.481 e. The number of nitrogens with two attached hydrogens (primary N) is 1. The molecule has 0 aliphatic heterocycles. The van der Waals surface area contributed by atoms with Crippen LogP contribution in [0, 0.1) is 5.92 Å². The molecule has 0 aliphatic rings. The van der Waals surface area contributed by atoms with Crippen LogP contribution in [-0.2, 0) is 33.6 Å². The van der Waals surface area contributed by atoms with Gasteiger partial charge in [-0.15, -0.1) is 0 Å². The van der Waals surface area contributed by atoms with Gasteiger partial charge in [-0.2, -0.15) is 0 Å². The number of amides is 3. The minimum atomic E-state index is -1.55. The van der Waals surface area contributed by atoms with Crippen molar-refractivity contribution in [2.45, 2.75) is 70.1 Å². The van der Waals surface area contributed by atoms with E-state index >= 15 is 0 Å². The molecule has 4 unspecified atom stereocenters. The quantitative estimate of drug-likeness (QED) is 0.114. The van der Waals surface area contributed by atoms with E-state index < -0.39 is 104 Å². The molecule has 0 rings (SSSR count). The summed E-state index contributed by atoms with van der Waals surface area (Å²) in [5.74, 6) is -9.05. The average Bonchev–Trinajstić information content (AvgIpc) is 2.70. The van der Waals surface area contributed by atoms with Crippen LogP contribution in [0.4, 0.5) is 0 Å². The molecule has 3 amide bonds. The highest BCUT2D eigenvalue weighted by molar-refractivity contribution is 5.95. The third-order valence-electron chi connectivity index (χ3n) is 4.52. The lowest BCUT2D eigenvalue weighted by molar-refractivity contribution is -0.144. The van der Waals surface area contributed by atoms with Gasteiger partial charge in [0.2, 0.25) is 17.7 Å². The number of hydrogen-bond acceptors (Lipinski definition) is 8. The van der Waals surface area contributed by atoms with Gasteiger partial charge in [-0.1, -0.05) is 13.8 Å². The first-order chi connectivity index (χ1) is 15.6. The second kappa shape index (κ2) is 14.4. The SMILES string of the molecule is CC(C)C(NC(=O)C(CCC(=O)O)NC(=O)C(CCC(=O)O)NC(=O)C(N)CC(=O)O)C(=O)O. The normalized spacial score (nSPS) is 14.2. The van der Waals surface area contributed by atoms with E-state index in [1.54, 1.807) is 0 Å². The Kier molecular flexibility index (Phi) is 12.8. The number of hydrogen-bond donors (Lipinski definition) is 8. The molecular weight excluding hydrogens is 460 g/mol. The molecule has 0 bridgehead atoms. The Morgan fingerprint density at radius 3 is 1.44 bits per heavy atom. The summed E-state index contributed by atoms with van der Waals surface area (Å²) in [7, 11) is 0. The summed E-state index contributed by atoms with van der Waals surface area (Å²) in [4.78, 5) is 81.4. The summed E-state index contributed by atoms with van der Waals surface area (Å²) in [6.45, 7) is 3.03. The smallest absolute Gasteiger partial charge is 0.326 e. The minimum Gasteiger partial charge on any atom is -0.481 e. The van der Waals surface area contributed by atoms with Gasteiger partial charge in [0.25, 0.3) is 0 Å². The number of carboxylic acids is 4. The zero-order chi connectivity index (χ0) is 26.6. The van der Waals surface area contributed by atoms with Crippen LogP contribution in [0.1, 0.15) is 46.0 Å². The summed E-state index contributed by atoms with van der Waals surface area (Å²) < 4.78 is 0. The number of carbonyl (C=O) groups excluding carboxylic acids is 3. The highest BCUT2D eigenvalue weighted by Gasteiger charge is 2.32. The third-order valence-corrected chi connectivity index (χ3v) is 4.52. The predicted octanol–water partition coefficient (Wildman–Crippen LogP) is -2.29. The lowest BCUT2D eigenvalue weighted by Gasteiger charge is -2.25. The first-order valence-electron chi connectivity index (χ1n) is 10.2. The van der Waals surface area contributed by atoms with Crippen molar-refractivity contribution in [2.24, 2.45) is 11.7 Å². The van der Waals surface area contributed by atoms with Crippen molar-refractivity contribution < 1.29 is 54.0 Å². The molecule has 9 N–H and O–H groups in total. The first-order valence-corrected chi connectivity index (χ1v) is 10.2. The van der Waals surface area contributed by atoms with E-state index in [2.05, 4.69) is 16.0 Å². The predicted molar refractivity (Wildman–Crippen MR) is 112 cm³/mol. The maximum absolute atomic E-state index is 12.7. The zero-order valence-corrected chi connectivity index (χ0v) is 18.6. The van der Waals surface area contributed by atoms with Crippen molar-refractivity contribution in [1.29, 1.82) is 0 Å². The fraction of sp³-hybridized carbons (Fsp3) is 0.632. The van der Waals surface area contributed by atoms with E-state index in [0.717, 1.165) is 0 Å². The topological polar surface area (TPSA) is 263 Å². The number of rotatable bonds is 16. The molecule has 0 aromatic rings. The molecule has 4 atom stereocenters. The van der Waals surface area contributed by atoms with E-state index in [9.17, 15) is 38.7 Å². The highest BCUT2D eigenvalue weighted by atomic mass is 16.4. The van der Waals surface area contributed by atoms with Gasteiger partial charge in [0.1, 0.15) is 18.1 Å². The van der Waals surface area contributed by atoms with Crippen molar-refractivity contribution >= 4 is 41.6 Å². The van der Waals surface area contributed by atoms with Crippen LogP contribution in [0.5, 0.6) is 0 Å². The van der Waals surface area contributed by atoms with Gasteiger partial charge in [0.15, 0.2) is 0 Å². The monoisotopic (exact) mass is 490 g/mol. The molecule has 0 saturated heterocycles. The van der Waals surface area contributed by atoms with Crippen molar-refractivity contribution in [3.05, 3.63) is 0 Å². The molecule has 0 spiro atoms. The Hall–Kier alpha value is -3.75. The molecule has 0 radical (unpaired) electrons. The molecule has 15 heteroatoms. The highest BCUT2D eigenvalue weighted by Crippen LogP contribution is 2.07. The van der Waals surface area contributed by atoms with E-state index in [-0.39, 0.29) is 0 Å². The van der Waals surface area contributed by atoms with Crippen LogP contribution < -0.4 is 21.7 Å². The molecule has 0 aromatic carbocycles. The fourth-order valence-corrected chi connectivity index (χ4v) is 2.67. The maximum atomic E-state index is 12.7. The summed E-state index contributed by atoms with van der Waals surface area (Å²) in [6, 6.07) is -5.97. The molecule has 0 aliphatic carbocycles. The van der Waals surface area contributed by atoms with Gasteiger partial charge >= 0.3 is 23.9 Å². The van der Waals surface area contributed by atoms with Crippen LogP contribution in [-0.4, -0.2) is 86.2 Å². The van der Waals surface area contributed by atoms with Crippen LogP contribution in [0.15, 0.2) is 0 Å². The average molecular weight is 490 g/mol. The third kappa shape index (κ3) is 11.8. The second-order valence-corrected chi connectivity index (χ2v) is 7.76. The van der Waals surface area contributed by atoms with Gasteiger partial charge in [-0.05, 0) is 18.8 Å². The molecule has 0 fully saturated rings. The van der Waals surface area contributed by atoms with Gasteiger partial charge in [-0.25, -0.2) is 4.79 Å². The van der Waals surface area contributed by atoms with Crippen LogP contribution in [0.2, 0.25) is 0 Å².